The lowest BCUT2D eigenvalue weighted by Crippen LogP contribution is -2.01. The summed E-state index contributed by atoms with van der Waals surface area (Å²) in [4.78, 5) is 13.2. The van der Waals surface area contributed by atoms with Crippen molar-refractivity contribution in [3.05, 3.63) is 58.6 Å². The number of aromatic carboxylic acids is 1. The van der Waals surface area contributed by atoms with Gasteiger partial charge in [-0.2, -0.15) is 0 Å². The van der Waals surface area contributed by atoms with Crippen molar-refractivity contribution in [2.24, 2.45) is 0 Å². The molecule has 0 radical (unpaired) electrons. The first-order valence-corrected chi connectivity index (χ1v) is 7.09. The Kier molecular flexibility index (Phi) is 4.51. The van der Waals surface area contributed by atoms with Crippen molar-refractivity contribution in [1.82, 2.24) is 0 Å². The van der Waals surface area contributed by atoms with E-state index >= 15 is 0 Å². The van der Waals surface area contributed by atoms with Crippen molar-refractivity contribution in [2.45, 2.75) is 23.1 Å². The van der Waals surface area contributed by atoms with Crippen LogP contribution in [-0.4, -0.2) is 11.1 Å². The number of carboxylic acid groups (broad SMARTS) is 1. The minimum absolute atomic E-state index is 0.378. The van der Waals surface area contributed by atoms with Crippen LogP contribution in [0.1, 0.15) is 22.8 Å². The molecule has 0 fully saturated rings. The van der Waals surface area contributed by atoms with Crippen molar-refractivity contribution in [2.75, 3.05) is 0 Å². The van der Waals surface area contributed by atoms with Crippen molar-refractivity contribution in [3.8, 4) is 0 Å². The Bertz CT molecular complexity index is 594. The summed E-state index contributed by atoms with van der Waals surface area (Å²) in [7, 11) is 0. The van der Waals surface area contributed by atoms with Crippen LogP contribution in [-0.2, 0) is 6.42 Å². The zero-order valence-corrected chi connectivity index (χ0v) is 12.0. The summed E-state index contributed by atoms with van der Waals surface area (Å²) in [6.07, 6.45) is 0.705. The molecule has 2 aromatic rings. The number of halogens is 1. The number of hydrogen-bond acceptors (Lipinski definition) is 2. The van der Waals surface area contributed by atoms with Gasteiger partial charge in [-0.05, 0) is 54.4 Å². The SMILES string of the molecule is CCc1cc(Sc2ccc(Cl)cc2)ccc1C(=O)O. The lowest BCUT2D eigenvalue weighted by Gasteiger charge is -2.07. The van der Waals surface area contributed by atoms with Gasteiger partial charge >= 0.3 is 5.97 Å². The molecule has 98 valence electrons. The Morgan fingerprint density at radius 2 is 1.79 bits per heavy atom. The molecule has 0 atom stereocenters. The van der Waals surface area contributed by atoms with Gasteiger partial charge < -0.3 is 5.11 Å². The fourth-order valence-electron chi connectivity index (χ4n) is 1.77. The maximum atomic E-state index is 11.1. The van der Waals surface area contributed by atoms with E-state index in [1.807, 2.05) is 43.3 Å². The number of carbonyl (C=O) groups is 1. The molecule has 2 aromatic carbocycles. The van der Waals surface area contributed by atoms with Crippen LogP contribution < -0.4 is 0 Å². The fourth-order valence-corrected chi connectivity index (χ4v) is 2.78. The first-order chi connectivity index (χ1) is 9.10. The second-order valence-corrected chi connectivity index (χ2v) is 5.62. The van der Waals surface area contributed by atoms with Crippen LogP contribution in [0.5, 0.6) is 0 Å². The summed E-state index contributed by atoms with van der Waals surface area (Å²) < 4.78 is 0. The first-order valence-electron chi connectivity index (χ1n) is 5.90. The summed E-state index contributed by atoms with van der Waals surface area (Å²) in [5.74, 6) is -0.875. The van der Waals surface area contributed by atoms with E-state index < -0.39 is 5.97 Å². The highest BCUT2D eigenvalue weighted by molar-refractivity contribution is 7.99. The second kappa shape index (κ2) is 6.13. The topological polar surface area (TPSA) is 37.3 Å². The van der Waals surface area contributed by atoms with Gasteiger partial charge in [0.15, 0.2) is 0 Å². The Morgan fingerprint density at radius 1 is 1.16 bits per heavy atom. The van der Waals surface area contributed by atoms with E-state index in [0.717, 1.165) is 15.4 Å². The number of benzene rings is 2. The average Bonchev–Trinajstić information content (AvgIpc) is 2.41. The minimum Gasteiger partial charge on any atom is -0.478 e. The normalized spacial score (nSPS) is 10.4. The molecular formula is C15H13ClO2S. The molecule has 0 aliphatic rings. The average molecular weight is 293 g/mol. The summed E-state index contributed by atoms with van der Waals surface area (Å²) in [6.45, 7) is 1.96. The quantitative estimate of drug-likeness (QED) is 0.883. The number of rotatable bonds is 4. The Hall–Kier alpha value is -1.45. The maximum absolute atomic E-state index is 11.1. The monoisotopic (exact) mass is 292 g/mol. The van der Waals surface area contributed by atoms with E-state index in [-0.39, 0.29) is 0 Å². The standard InChI is InChI=1S/C15H13ClO2S/c1-2-10-9-13(7-8-14(10)15(17)18)19-12-5-3-11(16)4-6-12/h3-9H,2H2,1H3,(H,17,18). The molecule has 0 unspecified atom stereocenters. The zero-order valence-electron chi connectivity index (χ0n) is 10.4. The highest BCUT2D eigenvalue weighted by Gasteiger charge is 2.09. The number of aryl methyl sites for hydroxylation is 1. The van der Waals surface area contributed by atoms with Gasteiger partial charge in [-0.3, -0.25) is 0 Å². The fraction of sp³-hybridized carbons (Fsp3) is 0.133. The van der Waals surface area contributed by atoms with Crippen molar-refractivity contribution in [1.29, 1.82) is 0 Å². The molecule has 0 aliphatic heterocycles. The molecule has 0 saturated heterocycles. The van der Waals surface area contributed by atoms with E-state index in [0.29, 0.717) is 17.0 Å². The van der Waals surface area contributed by atoms with Crippen molar-refractivity contribution in [3.63, 3.8) is 0 Å². The smallest absolute Gasteiger partial charge is 0.335 e. The van der Waals surface area contributed by atoms with Crippen LogP contribution >= 0.6 is 23.4 Å². The molecule has 2 nitrogen and oxygen atoms in total. The Morgan fingerprint density at radius 3 is 2.37 bits per heavy atom. The molecule has 0 bridgehead atoms. The Labute approximate surface area is 121 Å². The molecule has 19 heavy (non-hydrogen) atoms. The van der Waals surface area contributed by atoms with E-state index in [1.165, 1.54) is 0 Å². The number of hydrogen-bond donors (Lipinski definition) is 1. The zero-order chi connectivity index (χ0) is 13.8. The third-order valence-corrected chi connectivity index (χ3v) is 3.99. The number of carboxylic acids is 1. The molecular weight excluding hydrogens is 280 g/mol. The predicted octanol–water partition coefficient (Wildman–Crippen LogP) is 4.75. The molecule has 0 aliphatic carbocycles. The maximum Gasteiger partial charge on any atom is 0.335 e. The molecule has 0 aromatic heterocycles. The van der Waals surface area contributed by atoms with Crippen molar-refractivity contribution >= 4 is 29.3 Å². The van der Waals surface area contributed by atoms with Crippen molar-refractivity contribution < 1.29 is 9.90 Å². The lowest BCUT2D eigenvalue weighted by molar-refractivity contribution is 0.0695. The van der Waals surface area contributed by atoms with Crippen LogP contribution in [0.15, 0.2) is 52.3 Å². The van der Waals surface area contributed by atoms with Gasteiger partial charge in [0.2, 0.25) is 0 Å². The Balaban J connectivity index is 2.26. The molecule has 1 N–H and O–H groups in total. The van der Waals surface area contributed by atoms with Gasteiger partial charge in [-0.1, -0.05) is 30.3 Å². The van der Waals surface area contributed by atoms with Crippen LogP contribution in [0.4, 0.5) is 0 Å². The van der Waals surface area contributed by atoms with Crippen LogP contribution in [0.3, 0.4) is 0 Å². The summed E-state index contributed by atoms with van der Waals surface area (Å²) in [5, 5.41) is 9.79. The first kappa shape index (κ1) is 14.0. The lowest BCUT2D eigenvalue weighted by atomic mass is 10.1. The predicted molar refractivity (Wildman–Crippen MR) is 78.4 cm³/mol. The van der Waals surface area contributed by atoms with Crippen LogP contribution in [0.25, 0.3) is 0 Å². The largest absolute Gasteiger partial charge is 0.478 e. The van der Waals surface area contributed by atoms with E-state index in [1.54, 1.807) is 17.8 Å². The third kappa shape index (κ3) is 3.52. The van der Waals surface area contributed by atoms with Gasteiger partial charge in [0.1, 0.15) is 0 Å². The molecule has 0 heterocycles. The molecule has 2 rings (SSSR count). The molecule has 4 heteroatoms. The molecule has 0 amide bonds. The highest BCUT2D eigenvalue weighted by atomic mass is 35.5. The van der Waals surface area contributed by atoms with E-state index in [9.17, 15) is 4.79 Å². The van der Waals surface area contributed by atoms with Gasteiger partial charge in [-0.15, -0.1) is 0 Å². The second-order valence-electron chi connectivity index (χ2n) is 4.03. The van der Waals surface area contributed by atoms with Crippen LogP contribution in [0, 0.1) is 0 Å². The summed E-state index contributed by atoms with van der Waals surface area (Å²) in [6, 6.07) is 13.0. The molecule has 0 saturated carbocycles. The van der Waals surface area contributed by atoms with E-state index in [2.05, 4.69) is 0 Å². The van der Waals surface area contributed by atoms with Gasteiger partial charge in [0.05, 0.1) is 5.56 Å². The third-order valence-electron chi connectivity index (χ3n) is 2.74. The van der Waals surface area contributed by atoms with Crippen LogP contribution in [0.2, 0.25) is 5.02 Å². The summed E-state index contributed by atoms with van der Waals surface area (Å²) >= 11 is 7.44. The van der Waals surface area contributed by atoms with Gasteiger partial charge in [0, 0.05) is 14.8 Å². The van der Waals surface area contributed by atoms with Gasteiger partial charge in [-0.25, -0.2) is 4.79 Å². The minimum atomic E-state index is -0.875. The van der Waals surface area contributed by atoms with Gasteiger partial charge in [0.25, 0.3) is 0 Å². The molecule has 0 spiro atoms. The van der Waals surface area contributed by atoms with E-state index in [4.69, 9.17) is 16.7 Å². The summed E-state index contributed by atoms with van der Waals surface area (Å²) in [5.41, 5.74) is 1.23. The highest BCUT2D eigenvalue weighted by Crippen LogP contribution is 2.30.